The third-order valence-electron chi connectivity index (χ3n) is 7.89. The second-order valence-corrected chi connectivity index (χ2v) is 8.87. The van der Waals surface area contributed by atoms with Gasteiger partial charge in [-0.05, 0) is 57.8 Å². The number of piperidine rings is 1. The first-order valence-electron chi connectivity index (χ1n) is 10.1. The van der Waals surface area contributed by atoms with Gasteiger partial charge in [0, 0.05) is 24.8 Å². The molecule has 7 nitrogen and oxygen atoms in total. The predicted molar refractivity (Wildman–Crippen MR) is 116 cm³/mol. The van der Waals surface area contributed by atoms with E-state index < -0.39 is 17.6 Å². The molecule has 2 fully saturated rings. The average molecular weight is 461 g/mol. The molecule has 1 aromatic carbocycles. The molecule has 2 heterocycles. The molecule has 2 bridgehead atoms. The van der Waals surface area contributed by atoms with Gasteiger partial charge in [0.2, 0.25) is 0 Å². The molecule has 1 spiro atoms. The van der Waals surface area contributed by atoms with Gasteiger partial charge in [-0.25, -0.2) is 0 Å². The number of carbonyl (C=O) groups is 1. The van der Waals surface area contributed by atoms with Crippen LogP contribution in [0.25, 0.3) is 0 Å². The Labute approximate surface area is 188 Å². The summed E-state index contributed by atoms with van der Waals surface area (Å²) in [5, 5.41) is 23.3. The number of benzene rings is 1. The van der Waals surface area contributed by atoms with Crippen LogP contribution in [-0.2, 0) is 21.4 Å². The first-order chi connectivity index (χ1) is 13.4. The highest BCUT2D eigenvalue weighted by Gasteiger charge is 2.73. The minimum Gasteiger partial charge on any atom is -0.504 e. The minimum atomic E-state index is -0.870. The quantitative estimate of drug-likeness (QED) is 0.633. The number of aliphatic carboxylic acids is 1. The van der Waals surface area contributed by atoms with Crippen molar-refractivity contribution >= 4 is 30.8 Å². The van der Waals surface area contributed by atoms with Gasteiger partial charge in [0.15, 0.2) is 11.5 Å². The Morgan fingerprint density at radius 1 is 1.37 bits per heavy atom. The van der Waals surface area contributed by atoms with Gasteiger partial charge in [-0.2, -0.15) is 0 Å². The zero-order valence-corrected chi connectivity index (χ0v) is 19.0. The van der Waals surface area contributed by atoms with E-state index >= 15 is 0 Å². The van der Waals surface area contributed by atoms with E-state index in [4.69, 9.17) is 9.47 Å². The third-order valence-corrected chi connectivity index (χ3v) is 7.89. The molecule has 2 aliphatic carbocycles. The monoisotopic (exact) mass is 460 g/mol. The summed E-state index contributed by atoms with van der Waals surface area (Å²) in [7, 11) is 3.96. The predicted octanol–water partition coefficient (Wildman–Crippen LogP) is 2.11. The van der Waals surface area contributed by atoms with Gasteiger partial charge in [-0.1, -0.05) is 6.07 Å². The van der Waals surface area contributed by atoms with Crippen molar-refractivity contribution in [2.24, 2.45) is 0 Å². The lowest BCUT2D eigenvalue weighted by Gasteiger charge is -2.65. The average Bonchev–Trinajstić information content (AvgIpc) is 3.03. The summed E-state index contributed by atoms with van der Waals surface area (Å²) < 4.78 is 12.8. The number of carboxylic acid groups (broad SMARTS) is 1. The van der Waals surface area contributed by atoms with Crippen molar-refractivity contribution < 1.29 is 24.5 Å². The van der Waals surface area contributed by atoms with Crippen LogP contribution in [0, 0.1) is 0 Å². The van der Waals surface area contributed by atoms with Crippen molar-refractivity contribution in [1.29, 1.82) is 0 Å². The fourth-order valence-corrected chi connectivity index (χ4v) is 6.70. The van der Waals surface area contributed by atoms with Gasteiger partial charge in [0.05, 0.1) is 11.0 Å². The number of methoxy groups -OCH3 is 1. The number of halogens is 2. The molecule has 9 heteroatoms. The Morgan fingerprint density at radius 2 is 2.10 bits per heavy atom. The summed E-state index contributed by atoms with van der Waals surface area (Å²) >= 11 is 0. The smallest absolute Gasteiger partial charge is 0.320 e. The molecule has 1 saturated heterocycles. The van der Waals surface area contributed by atoms with E-state index in [1.54, 1.807) is 20.1 Å². The van der Waals surface area contributed by atoms with Crippen molar-refractivity contribution in [2.45, 2.75) is 67.9 Å². The van der Waals surface area contributed by atoms with Gasteiger partial charge in [-0.3, -0.25) is 10.1 Å². The van der Waals surface area contributed by atoms with Crippen LogP contribution in [0.4, 0.5) is 0 Å². The van der Waals surface area contributed by atoms with Crippen LogP contribution in [0.3, 0.4) is 0 Å². The van der Waals surface area contributed by atoms with E-state index in [2.05, 4.69) is 17.3 Å². The van der Waals surface area contributed by atoms with Gasteiger partial charge in [0.25, 0.3) is 0 Å². The van der Waals surface area contributed by atoms with E-state index in [1.807, 2.05) is 6.07 Å². The molecular formula is C21H30Cl2N2O5. The molecule has 0 unspecified atom stereocenters. The first-order valence-corrected chi connectivity index (χ1v) is 10.1. The number of hydrogen-bond donors (Lipinski definition) is 3. The Bertz CT molecular complexity index is 855. The number of rotatable bonds is 4. The Balaban J connectivity index is 0.00000128. The number of carboxylic acids is 1. The highest BCUT2D eigenvalue weighted by molar-refractivity contribution is 5.85. The van der Waals surface area contributed by atoms with Crippen LogP contribution in [0.5, 0.6) is 11.5 Å². The largest absolute Gasteiger partial charge is 0.504 e. The third kappa shape index (κ3) is 2.65. The van der Waals surface area contributed by atoms with Crippen molar-refractivity contribution in [1.82, 2.24) is 10.2 Å². The number of nitrogens with zero attached hydrogens (tertiary/aromatic N) is 1. The number of ether oxygens (including phenoxy) is 2. The molecule has 1 saturated carbocycles. The number of aromatic hydroxyl groups is 1. The van der Waals surface area contributed by atoms with Crippen molar-refractivity contribution in [2.75, 3.05) is 20.7 Å². The summed E-state index contributed by atoms with van der Waals surface area (Å²) in [4.78, 5) is 13.9. The van der Waals surface area contributed by atoms with Gasteiger partial charge >= 0.3 is 5.97 Å². The van der Waals surface area contributed by atoms with Crippen LogP contribution in [0.1, 0.15) is 37.3 Å². The van der Waals surface area contributed by atoms with E-state index in [-0.39, 0.29) is 54.2 Å². The normalized spacial score (nSPS) is 36.6. The highest BCUT2D eigenvalue weighted by Crippen LogP contribution is 2.66. The zero-order valence-electron chi connectivity index (χ0n) is 17.4. The highest BCUT2D eigenvalue weighted by atomic mass is 35.5. The fourth-order valence-electron chi connectivity index (χ4n) is 6.70. The summed E-state index contributed by atoms with van der Waals surface area (Å²) in [6.07, 6.45) is 3.07. The van der Waals surface area contributed by atoms with Crippen molar-refractivity contribution in [3.63, 3.8) is 0 Å². The van der Waals surface area contributed by atoms with Crippen LogP contribution < -0.4 is 10.1 Å². The first kappa shape index (κ1) is 23.4. The van der Waals surface area contributed by atoms with Crippen molar-refractivity contribution in [3.05, 3.63) is 23.3 Å². The van der Waals surface area contributed by atoms with Crippen LogP contribution >= 0.6 is 24.8 Å². The molecule has 168 valence electrons. The lowest BCUT2D eigenvalue weighted by atomic mass is 9.48. The maximum absolute atomic E-state index is 11.5. The minimum absolute atomic E-state index is 0. The number of hydrogen-bond acceptors (Lipinski definition) is 6. The Morgan fingerprint density at radius 3 is 2.77 bits per heavy atom. The van der Waals surface area contributed by atoms with E-state index in [9.17, 15) is 15.0 Å². The van der Waals surface area contributed by atoms with Gasteiger partial charge < -0.3 is 24.6 Å². The summed E-state index contributed by atoms with van der Waals surface area (Å²) in [6.45, 7) is 2.59. The van der Waals surface area contributed by atoms with Crippen LogP contribution in [-0.4, -0.2) is 71.6 Å². The Kier molecular flexibility index (Phi) is 6.02. The van der Waals surface area contributed by atoms with E-state index in [0.717, 1.165) is 37.8 Å². The molecular weight excluding hydrogens is 431 g/mol. The van der Waals surface area contributed by atoms with Gasteiger partial charge in [-0.15, -0.1) is 24.8 Å². The SMILES string of the molecule is CO[C@@]12CC[C@H](N[C@@H](C)C(=O)O)[C@@H]3Oc4c(O)ccc5c4[C@@]31CCN(C)[C@@H]2C5.Cl.Cl. The Hall–Kier alpha value is -1.25. The molecule has 0 radical (unpaired) electrons. The molecule has 0 aromatic heterocycles. The van der Waals surface area contributed by atoms with Crippen LogP contribution in [0.15, 0.2) is 12.1 Å². The van der Waals surface area contributed by atoms with Gasteiger partial charge in [0.1, 0.15) is 12.1 Å². The maximum Gasteiger partial charge on any atom is 0.320 e. The molecule has 0 amide bonds. The number of likely N-dealkylation sites (N-methyl/N-ethyl adjacent to an activating group) is 1. The van der Waals surface area contributed by atoms with Crippen molar-refractivity contribution in [3.8, 4) is 11.5 Å². The van der Waals surface area contributed by atoms with Crippen LogP contribution in [0.2, 0.25) is 0 Å². The molecule has 6 atom stereocenters. The fraction of sp³-hybridized carbons (Fsp3) is 0.667. The number of nitrogens with one attached hydrogen (secondary N) is 1. The topological polar surface area (TPSA) is 91.3 Å². The zero-order chi connectivity index (χ0) is 19.8. The molecule has 30 heavy (non-hydrogen) atoms. The number of likely N-dealkylation sites (tertiary alicyclic amines) is 1. The standard InChI is InChI=1S/C21H28N2O5.2ClH/c1-11(19(25)26)22-13-6-7-21(27-3)15-10-12-4-5-14(24)17-16(12)20(21,18(13)28-17)8-9-23(15)2;;/h4-5,11,13,15,18,22,24H,6-10H2,1-3H3,(H,25,26);2*1H/t11-,13-,15+,18-,20-,21+;;/m0../s1. The van der Waals surface area contributed by atoms with E-state index in [0.29, 0.717) is 5.75 Å². The summed E-state index contributed by atoms with van der Waals surface area (Å²) in [6, 6.07) is 3.20. The lowest BCUT2D eigenvalue weighted by Crippen LogP contribution is -2.78. The molecule has 1 aromatic rings. The summed E-state index contributed by atoms with van der Waals surface area (Å²) in [5.74, 6) is -0.136. The molecule has 5 rings (SSSR count). The van der Waals surface area contributed by atoms with E-state index in [1.165, 1.54) is 5.56 Å². The lowest BCUT2D eigenvalue weighted by molar-refractivity contribution is -0.204. The summed E-state index contributed by atoms with van der Waals surface area (Å²) in [5.41, 5.74) is 1.53. The second-order valence-electron chi connectivity index (χ2n) is 8.87. The molecule has 2 aliphatic heterocycles. The maximum atomic E-state index is 11.5. The second kappa shape index (κ2) is 7.71. The molecule has 4 aliphatic rings. The number of phenols is 1. The molecule has 3 N–H and O–H groups in total. The number of phenolic OH excluding ortho intramolecular Hbond substituents is 1.